The lowest BCUT2D eigenvalue weighted by Gasteiger charge is -2.49. The Kier molecular flexibility index (Phi) is 5.40. The van der Waals surface area contributed by atoms with Gasteiger partial charge in [0.2, 0.25) is 0 Å². The zero-order valence-electron chi connectivity index (χ0n) is 10.7. The highest BCUT2D eigenvalue weighted by molar-refractivity contribution is 5.85. The fourth-order valence-corrected chi connectivity index (χ4v) is 3.09. The van der Waals surface area contributed by atoms with E-state index in [-0.39, 0.29) is 18.4 Å². The number of piperidine rings is 1. The largest absolute Gasteiger partial charge is 0.469 e. The first-order valence-corrected chi connectivity index (χ1v) is 6.24. The van der Waals surface area contributed by atoms with Gasteiger partial charge in [0.05, 0.1) is 12.7 Å². The molecule has 0 saturated carbocycles. The third-order valence-corrected chi connectivity index (χ3v) is 4.24. The molecule has 0 atom stereocenters. The molecule has 0 unspecified atom stereocenters. The van der Waals surface area contributed by atoms with Crippen molar-refractivity contribution in [1.29, 1.82) is 0 Å². The number of methoxy groups -OCH3 is 1. The molecular weight excluding hydrogens is 258 g/mol. The monoisotopic (exact) mass is 279 g/mol. The van der Waals surface area contributed by atoms with E-state index in [0.717, 1.165) is 13.1 Å². The highest BCUT2D eigenvalue weighted by Gasteiger charge is 2.56. The summed E-state index contributed by atoms with van der Waals surface area (Å²) in [6.07, 6.45) is 2.30. The summed E-state index contributed by atoms with van der Waals surface area (Å²) in [6, 6.07) is 0. The number of carbonyl (C=O) groups excluding carboxylic acids is 1. The summed E-state index contributed by atoms with van der Waals surface area (Å²) in [4.78, 5) is 12.1. The maximum atomic E-state index is 12.1. The van der Waals surface area contributed by atoms with Gasteiger partial charge in [-0.3, -0.25) is 4.79 Å². The molecule has 2 aliphatic rings. The number of rotatable bonds is 2. The summed E-state index contributed by atoms with van der Waals surface area (Å²) in [7, 11) is 1.39. The number of hydrogen-bond acceptors (Lipinski definition) is 5. The number of ether oxygens (including phenoxy) is 2. The Morgan fingerprint density at radius 1 is 1.22 bits per heavy atom. The molecule has 0 bridgehead atoms. The zero-order valence-corrected chi connectivity index (χ0v) is 11.6. The van der Waals surface area contributed by atoms with Crippen molar-refractivity contribution >= 4 is 18.4 Å². The molecule has 106 valence electrons. The predicted octanol–water partition coefficient (Wildman–Crippen LogP) is 0.492. The van der Waals surface area contributed by atoms with Gasteiger partial charge in [0.25, 0.3) is 0 Å². The molecule has 2 rings (SSSR count). The highest BCUT2D eigenvalue weighted by atomic mass is 35.5. The van der Waals surface area contributed by atoms with Gasteiger partial charge in [-0.05, 0) is 38.8 Å². The van der Waals surface area contributed by atoms with Crippen LogP contribution in [-0.2, 0) is 14.3 Å². The van der Waals surface area contributed by atoms with Crippen LogP contribution in [0.3, 0.4) is 0 Å². The van der Waals surface area contributed by atoms with Crippen molar-refractivity contribution in [1.82, 2.24) is 5.32 Å². The summed E-state index contributed by atoms with van der Waals surface area (Å²) >= 11 is 0. The molecule has 0 radical (unpaired) electrons. The van der Waals surface area contributed by atoms with Crippen LogP contribution in [0.5, 0.6) is 0 Å². The van der Waals surface area contributed by atoms with Crippen molar-refractivity contribution in [3.05, 3.63) is 0 Å². The first kappa shape index (κ1) is 15.7. The second-order valence-electron chi connectivity index (χ2n) is 4.97. The second-order valence-corrected chi connectivity index (χ2v) is 4.97. The molecule has 2 heterocycles. The number of halogens is 1. The minimum absolute atomic E-state index is 0. The lowest BCUT2D eigenvalue weighted by atomic mass is 9.63. The lowest BCUT2D eigenvalue weighted by Crippen LogP contribution is -2.60. The van der Waals surface area contributed by atoms with Gasteiger partial charge in [0.15, 0.2) is 0 Å². The SMILES string of the molecule is COC(=O)C1(C2(O)CCNCC2)CCOCC1.Cl. The minimum Gasteiger partial charge on any atom is -0.469 e. The number of nitrogens with one attached hydrogen (secondary N) is 1. The third-order valence-electron chi connectivity index (χ3n) is 4.24. The molecule has 6 heteroatoms. The third kappa shape index (κ3) is 2.50. The van der Waals surface area contributed by atoms with Crippen LogP contribution in [0.1, 0.15) is 25.7 Å². The Balaban J connectivity index is 0.00000162. The van der Waals surface area contributed by atoms with Crippen molar-refractivity contribution < 1.29 is 19.4 Å². The smallest absolute Gasteiger partial charge is 0.314 e. The van der Waals surface area contributed by atoms with Crippen LogP contribution >= 0.6 is 12.4 Å². The van der Waals surface area contributed by atoms with Gasteiger partial charge in [-0.25, -0.2) is 0 Å². The van der Waals surface area contributed by atoms with Gasteiger partial charge in [-0.15, -0.1) is 12.4 Å². The van der Waals surface area contributed by atoms with Crippen molar-refractivity contribution in [2.24, 2.45) is 5.41 Å². The van der Waals surface area contributed by atoms with E-state index in [1.807, 2.05) is 0 Å². The summed E-state index contributed by atoms with van der Waals surface area (Å²) < 4.78 is 10.3. The van der Waals surface area contributed by atoms with Crippen molar-refractivity contribution in [3.63, 3.8) is 0 Å². The number of carbonyl (C=O) groups is 1. The summed E-state index contributed by atoms with van der Waals surface area (Å²) in [6.45, 7) is 2.53. The fraction of sp³-hybridized carbons (Fsp3) is 0.917. The minimum atomic E-state index is -0.949. The van der Waals surface area contributed by atoms with Gasteiger partial charge in [-0.1, -0.05) is 0 Å². The standard InChI is InChI=1S/C12H21NO4.ClH/c1-16-10(14)11(4-8-17-9-5-11)12(15)2-6-13-7-3-12;/h13,15H,2-9H2,1H3;1H. The average Bonchev–Trinajstić information content (AvgIpc) is 2.39. The van der Waals surface area contributed by atoms with Crippen LogP contribution in [0.15, 0.2) is 0 Å². The van der Waals surface area contributed by atoms with Crippen LogP contribution in [0.4, 0.5) is 0 Å². The Hall–Kier alpha value is -0.360. The van der Waals surface area contributed by atoms with Gasteiger partial charge in [0.1, 0.15) is 5.41 Å². The van der Waals surface area contributed by atoms with E-state index < -0.39 is 11.0 Å². The van der Waals surface area contributed by atoms with E-state index >= 15 is 0 Å². The normalized spacial score (nSPS) is 25.9. The van der Waals surface area contributed by atoms with E-state index in [2.05, 4.69) is 5.32 Å². The Morgan fingerprint density at radius 2 is 1.78 bits per heavy atom. The Labute approximate surface area is 114 Å². The van der Waals surface area contributed by atoms with Gasteiger partial charge < -0.3 is 19.9 Å². The fourth-order valence-electron chi connectivity index (χ4n) is 3.09. The molecule has 0 spiro atoms. The molecule has 5 nitrogen and oxygen atoms in total. The number of aliphatic hydroxyl groups is 1. The lowest BCUT2D eigenvalue weighted by molar-refractivity contribution is -0.192. The van der Waals surface area contributed by atoms with Crippen LogP contribution in [0, 0.1) is 5.41 Å². The highest BCUT2D eigenvalue weighted by Crippen LogP contribution is 2.46. The van der Waals surface area contributed by atoms with Gasteiger partial charge >= 0.3 is 5.97 Å². The maximum absolute atomic E-state index is 12.1. The Bertz CT molecular complexity index is 286. The summed E-state index contributed by atoms with van der Waals surface area (Å²) in [5.74, 6) is -0.287. The van der Waals surface area contributed by atoms with E-state index in [9.17, 15) is 9.90 Å². The topological polar surface area (TPSA) is 67.8 Å². The molecule has 0 aromatic rings. The van der Waals surface area contributed by atoms with E-state index in [0.29, 0.717) is 38.9 Å². The summed E-state index contributed by atoms with van der Waals surface area (Å²) in [5.41, 5.74) is -1.72. The molecular formula is C12H22ClNO4. The molecule has 2 saturated heterocycles. The van der Waals surface area contributed by atoms with E-state index in [1.54, 1.807) is 0 Å². The first-order valence-electron chi connectivity index (χ1n) is 6.24. The van der Waals surface area contributed by atoms with E-state index in [4.69, 9.17) is 9.47 Å². The van der Waals surface area contributed by atoms with Crippen LogP contribution in [0.2, 0.25) is 0 Å². The molecule has 0 aromatic carbocycles. The summed E-state index contributed by atoms with van der Waals surface area (Å²) in [5, 5.41) is 14.1. The van der Waals surface area contributed by atoms with Crippen molar-refractivity contribution in [2.45, 2.75) is 31.3 Å². The van der Waals surface area contributed by atoms with Crippen molar-refractivity contribution in [2.75, 3.05) is 33.4 Å². The van der Waals surface area contributed by atoms with Crippen LogP contribution in [-0.4, -0.2) is 50.1 Å². The maximum Gasteiger partial charge on any atom is 0.314 e. The van der Waals surface area contributed by atoms with E-state index in [1.165, 1.54) is 7.11 Å². The van der Waals surface area contributed by atoms with Gasteiger partial charge in [0, 0.05) is 13.2 Å². The van der Waals surface area contributed by atoms with Crippen LogP contribution < -0.4 is 5.32 Å². The molecule has 0 amide bonds. The second kappa shape index (κ2) is 6.19. The average molecular weight is 280 g/mol. The molecule has 2 aliphatic heterocycles. The quantitative estimate of drug-likeness (QED) is 0.720. The van der Waals surface area contributed by atoms with Crippen LogP contribution in [0.25, 0.3) is 0 Å². The van der Waals surface area contributed by atoms with Crippen molar-refractivity contribution in [3.8, 4) is 0 Å². The number of hydrogen-bond donors (Lipinski definition) is 2. The molecule has 18 heavy (non-hydrogen) atoms. The molecule has 0 aliphatic carbocycles. The molecule has 0 aromatic heterocycles. The molecule has 2 N–H and O–H groups in total. The number of esters is 1. The zero-order chi connectivity index (χ0) is 12.4. The predicted molar refractivity (Wildman–Crippen MR) is 68.8 cm³/mol. The molecule has 2 fully saturated rings. The first-order chi connectivity index (χ1) is 8.15. The Morgan fingerprint density at radius 3 is 2.28 bits per heavy atom. The van der Waals surface area contributed by atoms with Gasteiger partial charge in [-0.2, -0.15) is 0 Å².